The van der Waals surface area contributed by atoms with Crippen molar-refractivity contribution >= 4 is 29.4 Å². The number of ether oxygens (including phenoxy) is 2. The van der Waals surface area contributed by atoms with Gasteiger partial charge >= 0.3 is 5.97 Å². The fraction of sp³-hybridized carbons (Fsp3) is 0.600. The molecule has 1 aromatic rings. The van der Waals surface area contributed by atoms with E-state index in [1.807, 2.05) is 30.1 Å². The number of guanidine groups is 1. The van der Waals surface area contributed by atoms with Crippen LogP contribution in [-0.2, 0) is 25.7 Å². The molecule has 1 saturated carbocycles. The van der Waals surface area contributed by atoms with Crippen LogP contribution < -0.4 is 10.1 Å². The summed E-state index contributed by atoms with van der Waals surface area (Å²) in [4.78, 5) is 44.2. The van der Waals surface area contributed by atoms with Crippen LogP contribution in [-0.4, -0.2) is 66.4 Å². The Kier molecular flexibility index (Phi) is 9.30. The van der Waals surface area contributed by atoms with E-state index in [-0.39, 0.29) is 30.9 Å². The molecule has 186 valence electrons. The lowest BCUT2D eigenvalue weighted by Gasteiger charge is -2.31. The summed E-state index contributed by atoms with van der Waals surface area (Å²) < 4.78 is 10.9. The molecule has 1 heterocycles. The molecule has 34 heavy (non-hydrogen) atoms. The summed E-state index contributed by atoms with van der Waals surface area (Å²) >= 11 is 0. The van der Waals surface area contributed by atoms with E-state index < -0.39 is 0 Å². The zero-order chi connectivity index (χ0) is 24.5. The van der Waals surface area contributed by atoms with Crippen molar-refractivity contribution < 1.29 is 23.9 Å². The minimum absolute atomic E-state index is 0.0197. The number of rotatable bonds is 9. The molecule has 0 unspecified atom stereocenters. The molecule has 0 spiro atoms. The summed E-state index contributed by atoms with van der Waals surface area (Å²) in [6, 6.07) is 5.92. The molecule has 0 aromatic heterocycles. The van der Waals surface area contributed by atoms with Crippen molar-refractivity contribution in [2.75, 3.05) is 26.8 Å². The second-order valence-corrected chi connectivity index (χ2v) is 8.82. The van der Waals surface area contributed by atoms with Crippen molar-refractivity contribution in [3.8, 4) is 5.75 Å². The lowest BCUT2D eigenvalue weighted by Crippen LogP contribution is -2.46. The highest BCUT2D eigenvalue weighted by Crippen LogP contribution is 2.30. The van der Waals surface area contributed by atoms with Gasteiger partial charge in [-0.3, -0.25) is 19.7 Å². The maximum Gasteiger partial charge on any atom is 0.325 e. The van der Waals surface area contributed by atoms with Crippen LogP contribution in [0.2, 0.25) is 0 Å². The van der Waals surface area contributed by atoms with E-state index in [0.717, 1.165) is 18.4 Å². The van der Waals surface area contributed by atoms with Gasteiger partial charge in [-0.05, 0) is 44.4 Å². The minimum Gasteiger partial charge on any atom is -0.494 e. The van der Waals surface area contributed by atoms with Crippen LogP contribution >= 0.6 is 0 Å². The highest BCUT2D eigenvalue weighted by molar-refractivity contribution is 5.99. The first-order chi connectivity index (χ1) is 16.4. The molecule has 2 amide bonds. The molecule has 1 aliphatic carbocycles. The molecule has 2 aliphatic rings. The second-order valence-electron chi connectivity index (χ2n) is 8.82. The van der Waals surface area contributed by atoms with Crippen LogP contribution in [0.25, 0.3) is 0 Å². The van der Waals surface area contributed by atoms with Crippen LogP contribution in [0.5, 0.6) is 5.75 Å². The molecule has 3 rings (SSSR count). The molecular weight excluding hydrogens is 436 g/mol. The first-order valence-corrected chi connectivity index (χ1v) is 12.2. The zero-order valence-electron chi connectivity index (χ0n) is 20.5. The Morgan fingerprint density at radius 3 is 2.68 bits per heavy atom. The Morgan fingerprint density at radius 1 is 1.21 bits per heavy atom. The first-order valence-electron chi connectivity index (χ1n) is 12.2. The van der Waals surface area contributed by atoms with Gasteiger partial charge < -0.3 is 19.3 Å². The van der Waals surface area contributed by atoms with Gasteiger partial charge in [0, 0.05) is 38.5 Å². The molecule has 9 nitrogen and oxygen atoms in total. The number of esters is 1. The Morgan fingerprint density at radius 2 is 1.97 bits per heavy atom. The molecule has 0 bridgehead atoms. The number of benzene rings is 1. The average molecular weight is 473 g/mol. The quantitative estimate of drug-likeness (QED) is 0.438. The average Bonchev–Trinajstić information content (AvgIpc) is 2.82. The smallest absolute Gasteiger partial charge is 0.325 e. The van der Waals surface area contributed by atoms with Crippen LogP contribution in [0.15, 0.2) is 23.2 Å². The van der Waals surface area contributed by atoms with Gasteiger partial charge in [0.05, 0.1) is 18.9 Å². The number of nitrogens with one attached hydrogen (secondary N) is 1. The van der Waals surface area contributed by atoms with E-state index >= 15 is 0 Å². The van der Waals surface area contributed by atoms with E-state index in [0.29, 0.717) is 49.4 Å². The third kappa shape index (κ3) is 7.20. The van der Waals surface area contributed by atoms with Gasteiger partial charge in [0.1, 0.15) is 12.3 Å². The number of hydrogen-bond donors (Lipinski definition) is 1. The van der Waals surface area contributed by atoms with Crippen molar-refractivity contribution in [3.05, 3.63) is 23.8 Å². The standard InChI is InChI=1S/C25H36N4O5/c1-4-33-24(32)17-29-16-19-15-21(12-13-22(19)27-25(29)26-18(2)30)34-14-8-11-23(31)28(3)20-9-6-5-7-10-20/h12-13,15,20H,4-11,14,16-17H2,1-3H3,(H,26,27,30). The van der Waals surface area contributed by atoms with Crippen molar-refractivity contribution in [2.45, 2.75) is 71.4 Å². The van der Waals surface area contributed by atoms with E-state index in [1.54, 1.807) is 11.8 Å². The van der Waals surface area contributed by atoms with Crippen molar-refractivity contribution in [1.82, 2.24) is 15.1 Å². The maximum absolute atomic E-state index is 12.5. The van der Waals surface area contributed by atoms with Gasteiger partial charge in [-0.1, -0.05) is 19.3 Å². The van der Waals surface area contributed by atoms with E-state index in [1.165, 1.54) is 26.2 Å². The second kappa shape index (κ2) is 12.4. The Balaban J connectivity index is 1.55. The summed E-state index contributed by atoms with van der Waals surface area (Å²) in [6.07, 6.45) is 7.00. The van der Waals surface area contributed by atoms with Gasteiger partial charge in [-0.15, -0.1) is 0 Å². The fourth-order valence-corrected chi connectivity index (χ4v) is 4.37. The normalized spacial score (nSPS) is 15.7. The van der Waals surface area contributed by atoms with Crippen LogP contribution in [0.3, 0.4) is 0 Å². The Labute approximate surface area is 201 Å². The summed E-state index contributed by atoms with van der Waals surface area (Å²) in [5.41, 5.74) is 1.59. The minimum atomic E-state index is -0.390. The van der Waals surface area contributed by atoms with Gasteiger partial charge in [0.2, 0.25) is 17.8 Å². The maximum atomic E-state index is 12.5. The third-order valence-electron chi connectivity index (χ3n) is 6.17. The van der Waals surface area contributed by atoms with Crippen molar-refractivity contribution in [1.29, 1.82) is 0 Å². The van der Waals surface area contributed by atoms with Gasteiger partial charge in [-0.25, -0.2) is 4.99 Å². The third-order valence-corrected chi connectivity index (χ3v) is 6.17. The lowest BCUT2D eigenvalue weighted by atomic mass is 9.94. The summed E-state index contributed by atoms with van der Waals surface area (Å²) in [7, 11) is 1.92. The molecule has 1 fully saturated rings. The molecule has 1 aliphatic heterocycles. The molecule has 1 N–H and O–H groups in total. The monoisotopic (exact) mass is 472 g/mol. The van der Waals surface area contributed by atoms with Crippen LogP contribution in [0.4, 0.5) is 5.69 Å². The number of carbonyl (C=O) groups excluding carboxylic acids is 3. The number of carbonyl (C=O) groups is 3. The van der Waals surface area contributed by atoms with E-state index in [2.05, 4.69) is 10.3 Å². The van der Waals surface area contributed by atoms with Gasteiger partial charge in [0.25, 0.3) is 0 Å². The SMILES string of the molecule is CCOC(=O)CN1Cc2cc(OCCCC(=O)N(C)C3CCCCC3)ccc2N=C1NC(C)=O. The predicted molar refractivity (Wildman–Crippen MR) is 129 cm³/mol. The number of hydrogen-bond acceptors (Lipinski definition) is 7. The van der Waals surface area contributed by atoms with E-state index in [9.17, 15) is 14.4 Å². The number of amides is 2. The largest absolute Gasteiger partial charge is 0.494 e. The summed E-state index contributed by atoms with van der Waals surface area (Å²) in [6.45, 7) is 4.23. The number of aliphatic imine (C=N–C) groups is 1. The first kappa shape index (κ1) is 25.5. The summed E-state index contributed by atoms with van der Waals surface area (Å²) in [5, 5.41) is 2.68. The molecule has 0 saturated heterocycles. The zero-order valence-corrected chi connectivity index (χ0v) is 20.5. The highest BCUT2D eigenvalue weighted by atomic mass is 16.5. The van der Waals surface area contributed by atoms with Gasteiger partial charge in [-0.2, -0.15) is 0 Å². The molecule has 0 radical (unpaired) electrons. The van der Waals surface area contributed by atoms with Crippen LogP contribution in [0.1, 0.15) is 64.4 Å². The molecular formula is C25H36N4O5. The molecule has 1 aromatic carbocycles. The Hall–Kier alpha value is -3.10. The molecule has 9 heteroatoms. The Bertz CT molecular complexity index is 911. The van der Waals surface area contributed by atoms with Crippen molar-refractivity contribution in [3.63, 3.8) is 0 Å². The lowest BCUT2D eigenvalue weighted by molar-refractivity contribution is -0.143. The van der Waals surface area contributed by atoms with Gasteiger partial charge in [0.15, 0.2) is 0 Å². The molecule has 0 atom stereocenters. The number of nitrogens with zero attached hydrogens (tertiary/aromatic N) is 3. The highest BCUT2D eigenvalue weighted by Gasteiger charge is 2.24. The van der Waals surface area contributed by atoms with Crippen molar-refractivity contribution in [2.24, 2.45) is 4.99 Å². The predicted octanol–water partition coefficient (Wildman–Crippen LogP) is 3.14. The van der Waals surface area contributed by atoms with E-state index in [4.69, 9.17) is 9.47 Å². The fourth-order valence-electron chi connectivity index (χ4n) is 4.37. The number of fused-ring (bicyclic) bond motifs is 1. The summed E-state index contributed by atoms with van der Waals surface area (Å²) in [5.74, 6) is 0.526. The topological polar surface area (TPSA) is 101 Å². The van der Waals surface area contributed by atoms with Crippen LogP contribution in [0, 0.1) is 0 Å².